The third-order valence-corrected chi connectivity index (χ3v) is 7.23. The van der Waals surface area contributed by atoms with Crippen LogP contribution in [0.4, 0.5) is 0 Å². The normalized spacial score (nSPS) is 23.6. The Bertz CT molecular complexity index is 916. The second-order valence-electron chi connectivity index (χ2n) is 9.54. The number of aliphatic imine (C=N–C) groups is 1. The van der Waals surface area contributed by atoms with E-state index >= 15 is 0 Å². The van der Waals surface area contributed by atoms with E-state index in [4.69, 9.17) is 4.74 Å². The highest BCUT2D eigenvalue weighted by atomic mass is 127. The van der Waals surface area contributed by atoms with Crippen LogP contribution in [0.15, 0.2) is 59.6 Å². The van der Waals surface area contributed by atoms with E-state index in [0.717, 1.165) is 51.8 Å². The van der Waals surface area contributed by atoms with Crippen molar-refractivity contribution in [2.24, 2.45) is 4.99 Å². The van der Waals surface area contributed by atoms with Gasteiger partial charge in [0.2, 0.25) is 0 Å². The highest BCUT2D eigenvalue weighted by Crippen LogP contribution is 2.25. The summed E-state index contributed by atoms with van der Waals surface area (Å²) in [6.45, 7) is 8.96. The van der Waals surface area contributed by atoms with Crippen molar-refractivity contribution in [2.75, 3.05) is 46.4 Å². The molecule has 2 unspecified atom stereocenters. The Kier molecular flexibility index (Phi) is 9.22. The van der Waals surface area contributed by atoms with Crippen LogP contribution in [0.1, 0.15) is 29.5 Å². The molecule has 3 fully saturated rings. The number of nitrogens with zero attached hydrogens (tertiary/aromatic N) is 4. The molecule has 3 saturated heterocycles. The largest absolute Gasteiger partial charge is 0.373 e. The molecule has 0 saturated carbocycles. The summed E-state index contributed by atoms with van der Waals surface area (Å²) in [7, 11) is 1.88. The summed E-state index contributed by atoms with van der Waals surface area (Å²) in [4.78, 5) is 12.1. The van der Waals surface area contributed by atoms with Gasteiger partial charge in [-0.3, -0.25) is 14.8 Å². The molecule has 34 heavy (non-hydrogen) atoms. The summed E-state index contributed by atoms with van der Waals surface area (Å²) in [5, 5.41) is 3.59. The van der Waals surface area contributed by atoms with Crippen molar-refractivity contribution in [1.82, 2.24) is 20.0 Å². The first-order valence-electron chi connectivity index (χ1n) is 12.4. The van der Waals surface area contributed by atoms with Gasteiger partial charge < -0.3 is 15.0 Å². The fraction of sp³-hybridized carbons (Fsp3) is 0.519. The number of ether oxygens (including phenoxy) is 1. The fourth-order valence-electron chi connectivity index (χ4n) is 5.42. The molecular formula is C27H38IN5O. The van der Waals surface area contributed by atoms with Crippen molar-refractivity contribution < 1.29 is 4.74 Å². The van der Waals surface area contributed by atoms with Gasteiger partial charge in [0.1, 0.15) is 0 Å². The molecule has 0 spiro atoms. The van der Waals surface area contributed by atoms with Crippen molar-refractivity contribution in [3.8, 4) is 0 Å². The smallest absolute Gasteiger partial charge is 0.194 e. The number of halogens is 1. The Balaban J connectivity index is 0.00000274. The predicted octanol–water partition coefficient (Wildman–Crippen LogP) is 3.56. The molecule has 0 radical (unpaired) electrons. The van der Waals surface area contributed by atoms with Crippen molar-refractivity contribution >= 4 is 29.9 Å². The van der Waals surface area contributed by atoms with Crippen molar-refractivity contribution in [3.63, 3.8) is 0 Å². The van der Waals surface area contributed by atoms with Crippen LogP contribution in [-0.2, 0) is 24.4 Å². The molecule has 0 bridgehead atoms. The van der Waals surface area contributed by atoms with Crippen LogP contribution in [0.25, 0.3) is 0 Å². The fourth-order valence-corrected chi connectivity index (χ4v) is 5.42. The van der Waals surface area contributed by atoms with Crippen LogP contribution in [-0.4, -0.2) is 79.2 Å². The first-order chi connectivity index (χ1) is 16.3. The molecule has 3 aliphatic rings. The van der Waals surface area contributed by atoms with E-state index in [0.29, 0.717) is 6.04 Å². The van der Waals surface area contributed by atoms with Crippen LogP contribution in [0.3, 0.4) is 0 Å². The quantitative estimate of drug-likeness (QED) is 0.325. The van der Waals surface area contributed by atoms with E-state index in [-0.39, 0.29) is 30.1 Å². The van der Waals surface area contributed by atoms with Crippen LogP contribution in [0.2, 0.25) is 0 Å². The topological polar surface area (TPSA) is 43.3 Å². The van der Waals surface area contributed by atoms with Gasteiger partial charge >= 0.3 is 0 Å². The summed E-state index contributed by atoms with van der Waals surface area (Å²) in [6, 6.07) is 20.2. The Morgan fingerprint density at radius 1 is 0.912 bits per heavy atom. The molecule has 5 rings (SSSR count). The lowest BCUT2D eigenvalue weighted by atomic mass is 10.1. The molecule has 0 aromatic heterocycles. The third-order valence-electron chi connectivity index (χ3n) is 7.23. The average molecular weight is 576 g/mol. The summed E-state index contributed by atoms with van der Waals surface area (Å²) in [5.41, 5.74) is 4.07. The Morgan fingerprint density at radius 2 is 1.62 bits per heavy atom. The van der Waals surface area contributed by atoms with Crippen molar-refractivity contribution in [3.05, 3.63) is 71.3 Å². The maximum atomic E-state index is 6.16. The third kappa shape index (κ3) is 6.30. The second-order valence-corrected chi connectivity index (χ2v) is 9.54. The predicted molar refractivity (Wildman–Crippen MR) is 149 cm³/mol. The van der Waals surface area contributed by atoms with Gasteiger partial charge in [0.15, 0.2) is 5.96 Å². The maximum Gasteiger partial charge on any atom is 0.194 e. The lowest BCUT2D eigenvalue weighted by molar-refractivity contribution is -0.0502. The minimum atomic E-state index is 0. The number of morpholine rings is 1. The Morgan fingerprint density at radius 3 is 2.35 bits per heavy atom. The van der Waals surface area contributed by atoms with Gasteiger partial charge in [0.25, 0.3) is 0 Å². The van der Waals surface area contributed by atoms with E-state index < -0.39 is 0 Å². The molecule has 7 heteroatoms. The molecule has 2 atom stereocenters. The second kappa shape index (κ2) is 12.3. The van der Waals surface area contributed by atoms with Crippen LogP contribution < -0.4 is 5.32 Å². The van der Waals surface area contributed by atoms with E-state index in [2.05, 4.69) is 79.6 Å². The van der Waals surface area contributed by atoms with E-state index in [9.17, 15) is 0 Å². The molecule has 0 amide bonds. The highest BCUT2D eigenvalue weighted by molar-refractivity contribution is 14.0. The zero-order chi connectivity index (χ0) is 22.5. The van der Waals surface area contributed by atoms with E-state index in [1.807, 2.05) is 7.05 Å². The minimum Gasteiger partial charge on any atom is -0.373 e. The van der Waals surface area contributed by atoms with Gasteiger partial charge in [-0.15, -0.1) is 24.0 Å². The molecule has 2 aromatic rings. The molecule has 3 heterocycles. The number of rotatable bonds is 6. The van der Waals surface area contributed by atoms with E-state index in [1.54, 1.807) is 0 Å². The highest BCUT2D eigenvalue weighted by Gasteiger charge is 2.41. The van der Waals surface area contributed by atoms with Gasteiger partial charge in [-0.25, -0.2) is 0 Å². The van der Waals surface area contributed by atoms with Crippen LogP contribution in [0, 0.1) is 0 Å². The Labute approximate surface area is 221 Å². The van der Waals surface area contributed by atoms with E-state index in [1.165, 1.54) is 42.6 Å². The number of nitrogens with one attached hydrogen (secondary N) is 1. The molecule has 2 aromatic carbocycles. The number of hydrogen-bond acceptors (Lipinski definition) is 4. The molecule has 6 nitrogen and oxygen atoms in total. The summed E-state index contributed by atoms with van der Waals surface area (Å²) >= 11 is 0. The molecular weight excluding hydrogens is 537 g/mol. The SMILES string of the molecule is CN=C(NCc1ccc(CN2CCCC2)cc1)N1CC2OCCN(Cc3ccccc3)C2C1.I. The standard InChI is InChI=1S/C27H37N5O.HI/c1-28-27(29-17-22-9-11-24(12-10-22)18-30-13-5-6-14-30)32-20-25-26(21-32)33-16-15-31(25)19-23-7-3-2-4-8-23;/h2-4,7-12,25-26H,5-6,13-21H2,1H3,(H,28,29);1H. The zero-order valence-electron chi connectivity index (χ0n) is 20.2. The van der Waals surface area contributed by atoms with Gasteiger partial charge in [-0.1, -0.05) is 54.6 Å². The summed E-state index contributed by atoms with van der Waals surface area (Å²) in [6.07, 6.45) is 2.92. The first kappa shape index (κ1) is 25.4. The number of hydrogen-bond donors (Lipinski definition) is 1. The number of guanidine groups is 1. The maximum absolute atomic E-state index is 6.16. The number of benzene rings is 2. The zero-order valence-corrected chi connectivity index (χ0v) is 22.6. The van der Waals surface area contributed by atoms with Gasteiger partial charge in [0.05, 0.1) is 18.8 Å². The van der Waals surface area contributed by atoms with Gasteiger partial charge in [-0.2, -0.15) is 0 Å². The number of fused-ring (bicyclic) bond motifs is 1. The lowest BCUT2D eigenvalue weighted by Crippen LogP contribution is -2.50. The average Bonchev–Trinajstić information content (AvgIpc) is 3.52. The summed E-state index contributed by atoms with van der Waals surface area (Å²) in [5.74, 6) is 0.966. The van der Waals surface area contributed by atoms with Crippen molar-refractivity contribution in [2.45, 2.75) is 44.6 Å². The monoisotopic (exact) mass is 575 g/mol. The molecule has 3 aliphatic heterocycles. The Hall–Kier alpha value is -1.68. The minimum absolute atomic E-state index is 0. The molecule has 1 N–H and O–H groups in total. The van der Waals surface area contributed by atoms with Gasteiger partial charge in [-0.05, 0) is 42.6 Å². The van der Waals surface area contributed by atoms with Gasteiger partial charge in [0, 0.05) is 46.3 Å². The first-order valence-corrected chi connectivity index (χ1v) is 12.4. The number of likely N-dealkylation sites (tertiary alicyclic amines) is 2. The van der Waals surface area contributed by atoms with Crippen molar-refractivity contribution in [1.29, 1.82) is 0 Å². The van der Waals surface area contributed by atoms with Crippen LogP contribution in [0.5, 0.6) is 0 Å². The summed E-state index contributed by atoms with van der Waals surface area (Å²) < 4.78 is 6.16. The molecule has 0 aliphatic carbocycles. The lowest BCUT2D eigenvalue weighted by Gasteiger charge is -2.36. The molecule has 184 valence electrons. The van der Waals surface area contributed by atoms with Crippen LogP contribution >= 0.6 is 24.0 Å².